The van der Waals surface area contributed by atoms with Crippen LogP contribution in [0.4, 0.5) is 0 Å². The summed E-state index contributed by atoms with van der Waals surface area (Å²) in [6.45, 7) is 0.479. The number of carbonyl (C=O) groups is 1. The molecule has 0 fully saturated rings. The third-order valence-corrected chi connectivity index (χ3v) is 4.50. The Kier molecular flexibility index (Phi) is 5.97. The van der Waals surface area contributed by atoms with E-state index < -0.39 is 0 Å². The van der Waals surface area contributed by atoms with Gasteiger partial charge in [-0.3, -0.25) is 4.79 Å². The molecule has 1 N–H and O–H groups in total. The number of hydrogen-bond acceptors (Lipinski definition) is 2. The van der Waals surface area contributed by atoms with E-state index in [1.807, 2.05) is 77.6 Å². The Balaban J connectivity index is 1.71. The van der Waals surface area contributed by atoms with Gasteiger partial charge in [0.15, 0.2) is 0 Å². The molecule has 3 aromatic rings. The van der Waals surface area contributed by atoms with Crippen molar-refractivity contribution in [2.75, 3.05) is 7.11 Å². The normalized spacial score (nSPS) is 11.8. The lowest BCUT2D eigenvalue weighted by Gasteiger charge is -2.20. The highest BCUT2D eigenvalue weighted by molar-refractivity contribution is 6.30. The molecule has 0 spiro atoms. The molecule has 1 amide bonds. The average molecular weight is 369 g/mol. The molecule has 3 rings (SSSR count). The summed E-state index contributed by atoms with van der Waals surface area (Å²) in [5, 5.41) is 3.67. The Morgan fingerprint density at radius 1 is 1.12 bits per heavy atom. The molecule has 0 aliphatic heterocycles. The molecule has 0 saturated carbocycles. The third kappa shape index (κ3) is 4.67. The van der Waals surface area contributed by atoms with Crippen LogP contribution in [0, 0.1) is 0 Å². The number of nitrogens with zero attached hydrogens (tertiary/aromatic N) is 1. The lowest BCUT2D eigenvalue weighted by molar-refractivity contribution is -0.121. The predicted octanol–water partition coefficient (Wildman–Crippen LogP) is 4.45. The van der Waals surface area contributed by atoms with Gasteiger partial charge < -0.3 is 14.6 Å². The minimum Gasteiger partial charge on any atom is -0.497 e. The van der Waals surface area contributed by atoms with Crippen molar-refractivity contribution in [3.8, 4) is 5.75 Å². The van der Waals surface area contributed by atoms with Crippen LogP contribution in [0.25, 0.3) is 0 Å². The Bertz CT molecular complexity index is 845. The first kappa shape index (κ1) is 18.1. The van der Waals surface area contributed by atoms with Crippen molar-refractivity contribution in [2.24, 2.45) is 0 Å². The molecule has 4 nitrogen and oxygen atoms in total. The molecule has 26 heavy (non-hydrogen) atoms. The van der Waals surface area contributed by atoms with E-state index in [2.05, 4.69) is 5.32 Å². The van der Waals surface area contributed by atoms with Crippen LogP contribution in [-0.4, -0.2) is 17.6 Å². The number of carbonyl (C=O) groups excluding carboxylic acids is 1. The van der Waals surface area contributed by atoms with Gasteiger partial charge in [-0.05, 0) is 47.5 Å². The van der Waals surface area contributed by atoms with Gasteiger partial charge in [-0.2, -0.15) is 0 Å². The highest BCUT2D eigenvalue weighted by atomic mass is 35.5. The zero-order chi connectivity index (χ0) is 18.4. The average Bonchev–Trinajstić information content (AvgIpc) is 3.20. The van der Waals surface area contributed by atoms with Gasteiger partial charge in [-0.1, -0.05) is 35.9 Å². The number of rotatable bonds is 7. The fourth-order valence-corrected chi connectivity index (χ4v) is 2.98. The van der Waals surface area contributed by atoms with Crippen LogP contribution in [0.3, 0.4) is 0 Å². The molecule has 1 aromatic heterocycles. The zero-order valence-electron chi connectivity index (χ0n) is 14.6. The Morgan fingerprint density at radius 2 is 1.85 bits per heavy atom. The first-order chi connectivity index (χ1) is 12.7. The molecule has 0 aliphatic carbocycles. The molecule has 0 saturated heterocycles. The van der Waals surface area contributed by atoms with Gasteiger partial charge in [0.05, 0.1) is 19.6 Å². The number of ether oxygens (including phenoxy) is 1. The lowest BCUT2D eigenvalue weighted by Crippen LogP contribution is -2.26. The van der Waals surface area contributed by atoms with Crippen molar-refractivity contribution in [1.82, 2.24) is 9.88 Å². The second-order valence-electron chi connectivity index (χ2n) is 6.03. The fourth-order valence-electron chi connectivity index (χ4n) is 2.85. The van der Waals surface area contributed by atoms with Crippen LogP contribution in [-0.2, 0) is 11.3 Å². The molecule has 0 aliphatic rings. The largest absolute Gasteiger partial charge is 0.497 e. The van der Waals surface area contributed by atoms with E-state index >= 15 is 0 Å². The van der Waals surface area contributed by atoms with Gasteiger partial charge in [-0.25, -0.2) is 0 Å². The maximum atomic E-state index is 12.5. The van der Waals surface area contributed by atoms with Crippen molar-refractivity contribution in [3.63, 3.8) is 0 Å². The van der Waals surface area contributed by atoms with E-state index in [-0.39, 0.29) is 11.9 Å². The SMILES string of the molecule is COc1cccc([C@H](CC(=O)NCc2ccc(Cl)cc2)n2cccc2)c1. The molecular weight excluding hydrogens is 348 g/mol. The molecule has 1 atom stereocenters. The van der Waals surface area contributed by atoms with Crippen LogP contribution in [0.1, 0.15) is 23.6 Å². The smallest absolute Gasteiger partial charge is 0.222 e. The zero-order valence-corrected chi connectivity index (χ0v) is 15.3. The van der Waals surface area contributed by atoms with Crippen molar-refractivity contribution < 1.29 is 9.53 Å². The summed E-state index contributed by atoms with van der Waals surface area (Å²) in [5.41, 5.74) is 2.05. The quantitative estimate of drug-likeness (QED) is 0.669. The summed E-state index contributed by atoms with van der Waals surface area (Å²) in [6.07, 6.45) is 4.28. The topological polar surface area (TPSA) is 43.3 Å². The standard InChI is InChI=1S/C21H21ClN2O2/c1-26-19-6-4-5-17(13-19)20(24-11-2-3-12-24)14-21(25)23-15-16-7-9-18(22)10-8-16/h2-13,20H,14-15H2,1H3,(H,23,25)/t20-/m0/s1. The van der Waals surface area contributed by atoms with Crippen LogP contribution in [0.2, 0.25) is 5.02 Å². The number of amides is 1. The van der Waals surface area contributed by atoms with E-state index in [9.17, 15) is 4.79 Å². The molecule has 0 unspecified atom stereocenters. The molecule has 0 bridgehead atoms. The molecule has 1 heterocycles. The van der Waals surface area contributed by atoms with Crippen LogP contribution >= 0.6 is 11.6 Å². The van der Waals surface area contributed by atoms with Gasteiger partial charge in [0.2, 0.25) is 5.91 Å². The number of methoxy groups -OCH3 is 1. The predicted molar refractivity (Wildman–Crippen MR) is 103 cm³/mol. The number of nitrogens with one attached hydrogen (secondary N) is 1. The minimum absolute atomic E-state index is 0.0125. The number of halogens is 1. The molecule has 0 radical (unpaired) electrons. The Hall–Kier alpha value is -2.72. The second kappa shape index (κ2) is 8.59. The van der Waals surface area contributed by atoms with Gasteiger partial charge in [0, 0.05) is 24.0 Å². The minimum atomic E-state index is -0.0923. The van der Waals surface area contributed by atoms with Gasteiger partial charge >= 0.3 is 0 Å². The van der Waals surface area contributed by atoms with Gasteiger partial charge in [0.1, 0.15) is 5.75 Å². The van der Waals surface area contributed by atoms with E-state index in [0.717, 1.165) is 16.9 Å². The monoisotopic (exact) mass is 368 g/mol. The van der Waals surface area contributed by atoms with Crippen LogP contribution < -0.4 is 10.1 Å². The Labute approximate surface area is 158 Å². The summed E-state index contributed by atoms with van der Waals surface area (Å²) in [5.74, 6) is 0.766. The first-order valence-electron chi connectivity index (χ1n) is 8.43. The molecule has 134 valence electrons. The van der Waals surface area contributed by atoms with E-state index in [4.69, 9.17) is 16.3 Å². The summed E-state index contributed by atoms with van der Waals surface area (Å²) in [7, 11) is 1.64. The van der Waals surface area contributed by atoms with Crippen molar-refractivity contribution in [2.45, 2.75) is 19.0 Å². The van der Waals surface area contributed by atoms with Crippen molar-refractivity contribution in [1.29, 1.82) is 0 Å². The molecule has 2 aromatic carbocycles. The molecular formula is C21H21ClN2O2. The Morgan fingerprint density at radius 3 is 2.54 bits per heavy atom. The van der Waals surface area contributed by atoms with Gasteiger partial charge in [-0.15, -0.1) is 0 Å². The lowest BCUT2D eigenvalue weighted by atomic mass is 10.0. The number of hydrogen-bond donors (Lipinski definition) is 1. The van der Waals surface area contributed by atoms with Crippen molar-refractivity contribution >= 4 is 17.5 Å². The van der Waals surface area contributed by atoms with Crippen LogP contribution in [0.15, 0.2) is 73.1 Å². The van der Waals surface area contributed by atoms with Crippen molar-refractivity contribution in [3.05, 3.63) is 89.2 Å². The third-order valence-electron chi connectivity index (χ3n) is 4.25. The maximum Gasteiger partial charge on any atom is 0.222 e. The highest BCUT2D eigenvalue weighted by Gasteiger charge is 2.18. The first-order valence-corrected chi connectivity index (χ1v) is 8.81. The van der Waals surface area contributed by atoms with Gasteiger partial charge in [0.25, 0.3) is 0 Å². The molecule has 5 heteroatoms. The summed E-state index contributed by atoms with van der Waals surface area (Å²) >= 11 is 5.89. The van der Waals surface area contributed by atoms with E-state index in [1.54, 1.807) is 7.11 Å². The fraction of sp³-hybridized carbons (Fsp3) is 0.190. The van der Waals surface area contributed by atoms with E-state index in [1.165, 1.54) is 0 Å². The number of benzene rings is 2. The highest BCUT2D eigenvalue weighted by Crippen LogP contribution is 2.25. The van der Waals surface area contributed by atoms with Crippen LogP contribution in [0.5, 0.6) is 5.75 Å². The van der Waals surface area contributed by atoms with E-state index in [0.29, 0.717) is 18.0 Å². The summed E-state index contributed by atoms with van der Waals surface area (Å²) in [4.78, 5) is 12.5. The summed E-state index contributed by atoms with van der Waals surface area (Å²) in [6, 6.07) is 19.1. The summed E-state index contributed by atoms with van der Waals surface area (Å²) < 4.78 is 7.36. The second-order valence-corrected chi connectivity index (χ2v) is 6.47. The maximum absolute atomic E-state index is 12.5. The number of aromatic nitrogens is 1.